The monoisotopic (exact) mass is 929 g/mol. The van der Waals surface area contributed by atoms with E-state index in [2.05, 4.69) is 246 Å². The Balaban J connectivity index is 1.08. The van der Waals surface area contributed by atoms with Crippen molar-refractivity contribution >= 4 is 109 Å². The van der Waals surface area contributed by atoms with Crippen LogP contribution in [0.5, 0.6) is 0 Å². The molecule has 0 saturated heterocycles. The minimum atomic E-state index is -0.0925. The lowest BCUT2D eigenvalue weighted by molar-refractivity contribution is 0.591. The summed E-state index contributed by atoms with van der Waals surface area (Å²) in [5.74, 6) is 0. The van der Waals surface area contributed by atoms with Gasteiger partial charge in [0, 0.05) is 65.1 Å². The fourth-order valence-corrected chi connectivity index (χ4v) is 12.5. The van der Waals surface area contributed by atoms with Gasteiger partial charge in [0.2, 0.25) is 0 Å². The Morgan fingerprint density at radius 2 is 0.847 bits per heavy atom. The van der Waals surface area contributed by atoms with Crippen molar-refractivity contribution in [2.24, 2.45) is 0 Å². The molecule has 72 heavy (non-hydrogen) atoms. The number of nitrogens with zero attached hydrogens (tertiary/aromatic N) is 3. The highest BCUT2D eigenvalue weighted by molar-refractivity contribution is 6.31. The zero-order chi connectivity index (χ0) is 48.9. The molecule has 0 amide bonds. The zero-order valence-corrected chi connectivity index (χ0v) is 42.4. The summed E-state index contributed by atoms with van der Waals surface area (Å²) in [5, 5.41) is 12.6. The molecule has 0 aliphatic heterocycles. The Kier molecular flexibility index (Phi) is 8.02. The Labute approximate surface area is 418 Å². The summed E-state index contributed by atoms with van der Waals surface area (Å²) >= 11 is 0. The van der Waals surface area contributed by atoms with Crippen molar-refractivity contribution in [3.63, 3.8) is 0 Å². The third kappa shape index (κ3) is 5.58. The minimum absolute atomic E-state index is 0.0528. The quantitative estimate of drug-likeness (QED) is 0.173. The molecule has 0 unspecified atom stereocenters. The van der Waals surface area contributed by atoms with Gasteiger partial charge < -0.3 is 17.8 Å². The van der Waals surface area contributed by atoms with Gasteiger partial charge in [-0.05, 0) is 141 Å². The average Bonchev–Trinajstić information content (AvgIpc) is 4.20. The van der Waals surface area contributed by atoms with Crippen LogP contribution in [0.15, 0.2) is 174 Å². The van der Waals surface area contributed by atoms with Crippen LogP contribution in [0.2, 0.25) is 0 Å². The van der Waals surface area contributed by atoms with Gasteiger partial charge in [-0.3, -0.25) is 0 Å². The Morgan fingerprint density at radius 1 is 0.319 bits per heavy atom. The normalized spacial score (nSPS) is 13.3. The van der Waals surface area contributed by atoms with E-state index in [1.54, 1.807) is 0 Å². The van der Waals surface area contributed by atoms with Crippen molar-refractivity contribution in [2.75, 3.05) is 0 Å². The second-order valence-corrected chi connectivity index (χ2v) is 23.8. The van der Waals surface area contributed by atoms with Gasteiger partial charge in [0.1, 0.15) is 11.1 Å². The van der Waals surface area contributed by atoms with Crippen LogP contribution >= 0.6 is 0 Å². The molecule has 0 N–H and O–H groups in total. The Hall–Kier alpha value is -8.08. The van der Waals surface area contributed by atoms with Gasteiger partial charge in [-0.25, -0.2) is 0 Å². The summed E-state index contributed by atoms with van der Waals surface area (Å²) in [4.78, 5) is 0. The van der Waals surface area contributed by atoms with Crippen LogP contribution in [-0.2, 0) is 16.2 Å². The van der Waals surface area contributed by atoms with Crippen molar-refractivity contribution in [2.45, 2.75) is 78.6 Å². The molecule has 15 aromatic rings. The molecule has 0 aliphatic carbocycles. The lowest BCUT2D eigenvalue weighted by Crippen LogP contribution is -2.11. The topological polar surface area (TPSA) is 26.9 Å². The van der Waals surface area contributed by atoms with Crippen LogP contribution in [0.3, 0.4) is 0 Å². The maximum absolute atomic E-state index is 6.82. The fraction of sp³-hybridized carbons (Fsp3) is 0.176. The van der Waals surface area contributed by atoms with Crippen molar-refractivity contribution < 1.29 is 4.42 Å². The predicted molar refractivity (Wildman–Crippen MR) is 307 cm³/mol. The number of furan rings is 1. The van der Waals surface area contributed by atoms with E-state index in [1.807, 2.05) is 0 Å². The third-order valence-corrected chi connectivity index (χ3v) is 16.3. The number of hydrogen-bond acceptors (Lipinski definition) is 1. The van der Waals surface area contributed by atoms with Crippen LogP contribution in [0.25, 0.3) is 137 Å². The molecule has 0 radical (unpaired) electrons. The number of rotatable bonds is 3. The van der Waals surface area contributed by atoms with Gasteiger partial charge in [-0.2, -0.15) is 0 Å². The van der Waals surface area contributed by atoms with Crippen LogP contribution in [0.4, 0.5) is 0 Å². The zero-order valence-electron chi connectivity index (χ0n) is 42.4. The SMILES string of the molecule is CC(C)(C)c1cc(-c2ccc3c(c2)c2ccccc2n3-c2cccc(-c3ccccc3)c2)c2c(c1)c1cc(C(C)(C)C)cc3c4cc5c6cc(C(C)(C)C)cc7c8oc9ccccc9c8n(c5cc4n2c31)c67. The van der Waals surface area contributed by atoms with Gasteiger partial charge in [0.25, 0.3) is 0 Å². The van der Waals surface area contributed by atoms with Crippen LogP contribution in [0.1, 0.15) is 79.0 Å². The highest BCUT2D eigenvalue weighted by Crippen LogP contribution is 2.50. The summed E-state index contributed by atoms with van der Waals surface area (Å²) in [7, 11) is 0. The molecule has 348 valence electrons. The van der Waals surface area contributed by atoms with Crippen molar-refractivity contribution in [3.8, 4) is 27.9 Å². The van der Waals surface area contributed by atoms with Crippen molar-refractivity contribution in [3.05, 3.63) is 187 Å². The van der Waals surface area contributed by atoms with E-state index >= 15 is 0 Å². The molecule has 4 heteroatoms. The van der Waals surface area contributed by atoms with Gasteiger partial charge in [-0.15, -0.1) is 0 Å². The summed E-state index contributed by atoms with van der Waals surface area (Å²) in [5.41, 5.74) is 21.5. The third-order valence-electron chi connectivity index (χ3n) is 16.3. The molecule has 15 rings (SSSR count). The first-order valence-corrected chi connectivity index (χ1v) is 25.7. The van der Waals surface area contributed by atoms with Gasteiger partial charge >= 0.3 is 0 Å². The summed E-state index contributed by atoms with van der Waals surface area (Å²) in [6.45, 7) is 21.1. The molecule has 0 bridgehead atoms. The fourth-order valence-electron chi connectivity index (χ4n) is 12.5. The first-order chi connectivity index (χ1) is 34.6. The highest BCUT2D eigenvalue weighted by atomic mass is 16.3. The summed E-state index contributed by atoms with van der Waals surface area (Å²) in [6, 6.07) is 64.3. The molecule has 0 saturated carbocycles. The lowest BCUT2D eigenvalue weighted by atomic mass is 9.83. The maximum Gasteiger partial charge on any atom is 0.161 e. The summed E-state index contributed by atoms with van der Waals surface area (Å²) < 4.78 is 14.4. The van der Waals surface area contributed by atoms with Crippen molar-refractivity contribution in [1.29, 1.82) is 0 Å². The van der Waals surface area contributed by atoms with Gasteiger partial charge in [0.15, 0.2) is 5.58 Å². The first kappa shape index (κ1) is 41.7. The molecule has 0 aliphatic rings. The van der Waals surface area contributed by atoms with E-state index in [9.17, 15) is 0 Å². The van der Waals surface area contributed by atoms with Crippen molar-refractivity contribution in [1.82, 2.24) is 13.4 Å². The molecule has 6 heterocycles. The number of para-hydroxylation sites is 2. The Morgan fingerprint density at radius 3 is 1.54 bits per heavy atom. The van der Waals surface area contributed by atoms with E-state index < -0.39 is 0 Å². The smallest absolute Gasteiger partial charge is 0.161 e. The number of hydrogen-bond donors (Lipinski definition) is 0. The average molecular weight is 930 g/mol. The second-order valence-electron chi connectivity index (χ2n) is 23.8. The minimum Gasteiger partial charge on any atom is -0.454 e. The van der Waals surface area contributed by atoms with E-state index in [0.717, 1.165) is 27.8 Å². The number of aromatic nitrogens is 3. The molecule has 6 aromatic heterocycles. The lowest BCUT2D eigenvalue weighted by Gasteiger charge is -2.22. The molecular weight excluding hydrogens is 875 g/mol. The summed E-state index contributed by atoms with van der Waals surface area (Å²) in [6.07, 6.45) is 0. The second kappa shape index (κ2) is 13.9. The Bertz CT molecular complexity index is 4780. The molecule has 0 fully saturated rings. The largest absolute Gasteiger partial charge is 0.454 e. The molecular formula is C68H55N3O. The number of fused-ring (bicyclic) bond motifs is 17. The van der Waals surface area contributed by atoms with Crippen LogP contribution < -0.4 is 0 Å². The van der Waals surface area contributed by atoms with Gasteiger partial charge in [0.05, 0.1) is 38.6 Å². The van der Waals surface area contributed by atoms with Gasteiger partial charge in [-0.1, -0.05) is 141 Å². The van der Waals surface area contributed by atoms with E-state index in [0.29, 0.717) is 0 Å². The van der Waals surface area contributed by atoms with E-state index in [4.69, 9.17) is 4.42 Å². The number of benzene rings is 9. The van der Waals surface area contributed by atoms with Crippen LogP contribution in [-0.4, -0.2) is 13.4 Å². The molecule has 4 nitrogen and oxygen atoms in total. The molecule has 0 atom stereocenters. The standard InChI is InChI=1S/C68H55N3O/c1-66(2,3)41-30-47(40-26-27-57-48(29-40)45-22-13-15-24-56(45)69(57)44-21-17-20-39(28-44)38-18-11-10-12-19-38)61-53(33-41)54-34-42(67(4,5)6)31-51-49-36-50-52-32-43(68(7,8)9)35-55-63(52)71(59(50)37-58(49)70(61)62(51)54)64-46-23-14-16-25-60(46)72-65(55)64/h10-37H,1-9H3. The van der Waals surface area contributed by atoms with Crippen LogP contribution in [0, 0.1) is 0 Å². The maximum atomic E-state index is 6.82. The first-order valence-electron chi connectivity index (χ1n) is 25.7. The van der Waals surface area contributed by atoms with E-state index in [1.165, 1.54) is 126 Å². The molecule has 9 aromatic carbocycles. The van der Waals surface area contributed by atoms with E-state index in [-0.39, 0.29) is 16.2 Å². The highest BCUT2D eigenvalue weighted by Gasteiger charge is 2.30. The molecule has 0 spiro atoms. The predicted octanol–water partition coefficient (Wildman–Crippen LogP) is 19.1.